The Kier molecular flexibility index (Phi) is 9.73. The van der Waals surface area contributed by atoms with Crippen molar-refractivity contribution in [1.82, 2.24) is 0 Å². The van der Waals surface area contributed by atoms with Gasteiger partial charge in [0.15, 0.2) is 0 Å². The normalized spacial score (nSPS) is 22.2. The lowest BCUT2D eigenvalue weighted by Crippen LogP contribution is -2.05. The van der Waals surface area contributed by atoms with Crippen LogP contribution in [0.5, 0.6) is 0 Å². The molecule has 0 aromatic carbocycles. The number of hydrogen-bond acceptors (Lipinski definition) is 4. The molecule has 0 radical (unpaired) electrons. The van der Waals surface area contributed by atoms with Gasteiger partial charge in [-0.05, 0) is 25.7 Å². The Hall–Kier alpha value is -0.200. The van der Waals surface area contributed by atoms with Gasteiger partial charge in [-0.15, -0.1) is 0 Å². The smallest absolute Gasteiger partial charge is 0.0823 e. The number of rotatable bonds is 0. The van der Waals surface area contributed by atoms with E-state index in [4.69, 9.17) is 0 Å². The van der Waals surface area contributed by atoms with Gasteiger partial charge in [0, 0.05) is 0 Å². The largest absolute Gasteiger partial charge is 0.412 e. The topological polar surface area (TPSA) is 68.4 Å². The average molecular weight is 194 g/mol. The van der Waals surface area contributed by atoms with Crippen molar-refractivity contribution in [2.45, 2.75) is 25.7 Å². The molecule has 0 atom stereocenters. The van der Waals surface area contributed by atoms with Crippen molar-refractivity contribution in [3.05, 3.63) is 0 Å². The Bertz CT molecular complexity index is 55.5. The first-order valence-electron chi connectivity index (χ1n) is 4.49. The second-order valence-electron chi connectivity index (χ2n) is 2.70. The van der Waals surface area contributed by atoms with Crippen molar-refractivity contribution in [2.24, 2.45) is 0 Å². The maximum absolute atomic E-state index is 4.57. The third-order valence-corrected chi connectivity index (χ3v) is 1.58. The van der Waals surface area contributed by atoms with E-state index in [0.717, 1.165) is 52.1 Å². The van der Waals surface area contributed by atoms with Crippen LogP contribution in [0.2, 0.25) is 0 Å². The highest BCUT2D eigenvalue weighted by atomic mass is 17.2. The quantitative estimate of drug-likeness (QED) is 0.530. The predicted molar refractivity (Wildman–Crippen MR) is 45.9 cm³/mol. The van der Waals surface area contributed by atoms with Gasteiger partial charge in [-0.1, -0.05) is 0 Å². The van der Waals surface area contributed by atoms with Gasteiger partial charge in [-0.25, -0.2) is 19.6 Å². The molecule has 0 aromatic heterocycles. The Morgan fingerprint density at radius 1 is 0.462 bits per heavy atom. The lowest BCUT2D eigenvalue weighted by atomic mass is 10.3. The third-order valence-electron chi connectivity index (χ3n) is 1.58. The molecular weight excluding hydrogens is 176 g/mol. The SMILES string of the molecule is C1CCOOC1.C1CCOOC1.O. The summed E-state index contributed by atoms with van der Waals surface area (Å²) in [5.41, 5.74) is 0. The first-order valence-corrected chi connectivity index (χ1v) is 4.49. The Morgan fingerprint density at radius 2 is 0.692 bits per heavy atom. The highest BCUT2D eigenvalue weighted by Crippen LogP contribution is 1.98. The molecule has 13 heavy (non-hydrogen) atoms. The monoisotopic (exact) mass is 194 g/mol. The van der Waals surface area contributed by atoms with Crippen LogP contribution in [-0.2, 0) is 19.6 Å². The first-order chi connectivity index (χ1) is 6.00. The molecule has 2 saturated heterocycles. The minimum Gasteiger partial charge on any atom is -0.412 e. The zero-order chi connectivity index (χ0) is 8.49. The summed E-state index contributed by atoms with van der Waals surface area (Å²) < 4.78 is 0. The first kappa shape index (κ1) is 12.8. The van der Waals surface area contributed by atoms with Crippen molar-refractivity contribution in [1.29, 1.82) is 0 Å². The van der Waals surface area contributed by atoms with E-state index in [1.54, 1.807) is 0 Å². The predicted octanol–water partition coefficient (Wildman–Crippen LogP) is 0.632. The van der Waals surface area contributed by atoms with E-state index in [1.165, 1.54) is 0 Å². The fourth-order valence-corrected chi connectivity index (χ4v) is 0.880. The minimum absolute atomic E-state index is 0. The Labute approximate surface area is 78.1 Å². The average Bonchev–Trinajstić information content (AvgIpc) is 2.24. The highest BCUT2D eigenvalue weighted by Gasteiger charge is 1.96. The van der Waals surface area contributed by atoms with E-state index in [0.29, 0.717) is 0 Å². The van der Waals surface area contributed by atoms with Crippen LogP contribution < -0.4 is 0 Å². The maximum Gasteiger partial charge on any atom is 0.0823 e. The van der Waals surface area contributed by atoms with E-state index in [1.807, 2.05) is 0 Å². The summed E-state index contributed by atoms with van der Waals surface area (Å²) in [6.45, 7) is 3.11. The molecule has 2 rings (SSSR count). The van der Waals surface area contributed by atoms with Crippen LogP contribution in [0, 0.1) is 0 Å². The van der Waals surface area contributed by atoms with Crippen molar-refractivity contribution in [3.63, 3.8) is 0 Å². The molecule has 5 nitrogen and oxygen atoms in total. The van der Waals surface area contributed by atoms with Crippen LogP contribution in [0.15, 0.2) is 0 Å². The van der Waals surface area contributed by atoms with Gasteiger partial charge in [0.1, 0.15) is 0 Å². The highest BCUT2D eigenvalue weighted by molar-refractivity contribution is 4.37. The van der Waals surface area contributed by atoms with E-state index in [2.05, 4.69) is 19.6 Å². The van der Waals surface area contributed by atoms with E-state index in [-0.39, 0.29) is 5.48 Å². The van der Waals surface area contributed by atoms with Crippen molar-refractivity contribution < 1.29 is 25.0 Å². The molecule has 0 aromatic rings. The van der Waals surface area contributed by atoms with Gasteiger partial charge in [-0.3, -0.25) is 0 Å². The molecule has 2 aliphatic rings. The maximum atomic E-state index is 4.57. The third kappa shape index (κ3) is 8.14. The molecule has 80 valence electrons. The molecule has 0 amide bonds. The minimum atomic E-state index is 0. The molecule has 5 heteroatoms. The van der Waals surface area contributed by atoms with Crippen LogP contribution in [0.4, 0.5) is 0 Å². The zero-order valence-electron chi connectivity index (χ0n) is 7.79. The molecule has 2 fully saturated rings. The Balaban J connectivity index is 0.000000206. The fourth-order valence-electron chi connectivity index (χ4n) is 0.880. The lowest BCUT2D eigenvalue weighted by Gasteiger charge is -2.07. The summed E-state index contributed by atoms with van der Waals surface area (Å²) >= 11 is 0. The van der Waals surface area contributed by atoms with Gasteiger partial charge in [0.25, 0.3) is 0 Å². The second-order valence-corrected chi connectivity index (χ2v) is 2.70. The van der Waals surface area contributed by atoms with Gasteiger partial charge in [-0.2, -0.15) is 0 Å². The Morgan fingerprint density at radius 3 is 0.769 bits per heavy atom. The van der Waals surface area contributed by atoms with Crippen LogP contribution in [0.25, 0.3) is 0 Å². The molecule has 0 saturated carbocycles. The lowest BCUT2D eigenvalue weighted by molar-refractivity contribution is -0.312. The molecule has 0 spiro atoms. The van der Waals surface area contributed by atoms with E-state index < -0.39 is 0 Å². The summed E-state index contributed by atoms with van der Waals surface area (Å²) in [6, 6.07) is 0. The molecular formula is C8H18O5. The molecule has 2 aliphatic heterocycles. The molecule has 0 bridgehead atoms. The van der Waals surface area contributed by atoms with Crippen LogP contribution in [0.1, 0.15) is 25.7 Å². The van der Waals surface area contributed by atoms with Gasteiger partial charge in [0.05, 0.1) is 26.4 Å². The van der Waals surface area contributed by atoms with Gasteiger partial charge in [0.2, 0.25) is 0 Å². The second kappa shape index (κ2) is 9.88. The number of hydrogen-bond donors (Lipinski definition) is 0. The van der Waals surface area contributed by atoms with Crippen LogP contribution in [0.3, 0.4) is 0 Å². The summed E-state index contributed by atoms with van der Waals surface area (Å²) in [4.78, 5) is 18.3. The molecule has 0 unspecified atom stereocenters. The summed E-state index contributed by atoms with van der Waals surface area (Å²) in [6.07, 6.45) is 4.61. The zero-order valence-corrected chi connectivity index (χ0v) is 7.79. The fraction of sp³-hybridized carbons (Fsp3) is 1.00. The summed E-state index contributed by atoms with van der Waals surface area (Å²) in [7, 11) is 0. The molecule has 2 heterocycles. The summed E-state index contributed by atoms with van der Waals surface area (Å²) in [5, 5.41) is 0. The molecule has 0 aliphatic carbocycles. The standard InChI is InChI=1S/2C4H8O2.H2O/c2*1-2-4-6-5-3-1;/h2*1-4H2;1H2. The van der Waals surface area contributed by atoms with Crippen molar-refractivity contribution in [3.8, 4) is 0 Å². The van der Waals surface area contributed by atoms with Crippen molar-refractivity contribution in [2.75, 3.05) is 26.4 Å². The van der Waals surface area contributed by atoms with Gasteiger partial charge >= 0.3 is 0 Å². The van der Waals surface area contributed by atoms with E-state index in [9.17, 15) is 0 Å². The van der Waals surface area contributed by atoms with Crippen LogP contribution in [-0.4, -0.2) is 31.9 Å². The van der Waals surface area contributed by atoms with Gasteiger partial charge < -0.3 is 5.48 Å². The van der Waals surface area contributed by atoms with Crippen molar-refractivity contribution >= 4 is 0 Å². The van der Waals surface area contributed by atoms with Crippen LogP contribution >= 0.6 is 0 Å². The van der Waals surface area contributed by atoms with E-state index >= 15 is 0 Å². The molecule has 2 N–H and O–H groups in total. The summed E-state index contributed by atoms with van der Waals surface area (Å²) in [5.74, 6) is 0.